The second-order valence-corrected chi connectivity index (χ2v) is 40.0. The van der Waals surface area contributed by atoms with E-state index in [1.807, 2.05) is 0 Å². The molecule has 17 rings (SSSR count). The molecular formula is C93H84N2O2Si2. The van der Waals surface area contributed by atoms with E-state index in [0.717, 1.165) is 120 Å². The number of fused-ring (bicyclic) bond motifs is 13. The van der Waals surface area contributed by atoms with Crippen molar-refractivity contribution in [2.45, 2.75) is 110 Å². The largest absolute Gasteiger partial charge is 0.455 e. The second kappa shape index (κ2) is 23.5. The first kappa shape index (κ1) is 62.3. The van der Waals surface area contributed by atoms with Crippen LogP contribution in [0.1, 0.15) is 89.5 Å². The van der Waals surface area contributed by atoms with Gasteiger partial charge >= 0.3 is 0 Å². The third-order valence-electron chi connectivity index (χ3n) is 22.6. The Bertz CT molecular complexity index is 5610. The van der Waals surface area contributed by atoms with E-state index in [1.165, 1.54) is 70.6 Å². The van der Waals surface area contributed by atoms with Crippen molar-refractivity contribution in [2.75, 3.05) is 9.80 Å². The van der Waals surface area contributed by atoms with Crippen molar-refractivity contribution in [1.29, 1.82) is 0 Å². The molecule has 0 N–H and O–H groups in total. The Balaban J connectivity index is 0.787. The van der Waals surface area contributed by atoms with E-state index in [-0.39, 0.29) is 16.2 Å². The maximum absolute atomic E-state index is 6.99. The monoisotopic (exact) mass is 1320 g/mol. The standard InChI is InChI=1S/C93H84N2O2Si2/c1-91(2,3)63-37-41-65(42-38-63)94(67-46-53-86-81(57-67)78-31-21-29-74(89(78)96-86)61-33-48-72(49-34-61)98(7,8)70-23-13-11-14-24-70)69-45-52-80-83(59-69)93(55-19-20-56-93)84-60-85(76-27-17-18-28-77(76)88(80)84)95(66-43-39-64(40-44-66)92(4,5)6)68-47-54-87-82(58-68)79-32-22-30-75(90(79)97-87)62-35-50-73(51-36-62)99(9,10)71-25-15-12-16-26-71/h11-18,21-54,57-60H,19-20,55-56H2,1-10H3. The second-order valence-electron chi connectivity index (χ2n) is 31.2. The van der Waals surface area contributed by atoms with Crippen molar-refractivity contribution in [1.82, 2.24) is 0 Å². The zero-order valence-electron chi connectivity index (χ0n) is 58.6. The fraction of sp³-hybridized carbons (Fsp3) is 0.183. The van der Waals surface area contributed by atoms with Gasteiger partial charge in [0.25, 0.3) is 0 Å². The summed E-state index contributed by atoms with van der Waals surface area (Å²) in [4.78, 5) is 5.03. The van der Waals surface area contributed by atoms with Crippen LogP contribution in [0.5, 0.6) is 0 Å². The van der Waals surface area contributed by atoms with Gasteiger partial charge < -0.3 is 18.6 Å². The highest BCUT2D eigenvalue weighted by molar-refractivity contribution is 7.01. The molecule has 0 unspecified atom stereocenters. The summed E-state index contributed by atoms with van der Waals surface area (Å²) in [5.74, 6) is 0. The van der Waals surface area contributed by atoms with E-state index in [2.05, 4.69) is 357 Å². The van der Waals surface area contributed by atoms with Crippen molar-refractivity contribution < 1.29 is 8.83 Å². The molecule has 99 heavy (non-hydrogen) atoms. The topological polar surface area (TPSA) is 32.8 Å². The Kier molecular flexibility index (Phi) is 14.8. The van der Waals surface area contributed by atoms with Gasteiger partial charge in [0, 0.05) is 71.9 Å². The lowest BCUT2D eigenvalue weighted by Crippen LogP contribution is -2.52. The van der Waals surface area contributed by atoms with Crippen LogP contribution in [0.3, 0.4) is 0 Å². The minimum Gasteiger partial charge on any atom is -0.455 e. The Morgan fingerprint density at radius 1 is 0.323 bits per heavy atom. The molecule has 0 bridgehead atoms. The van der Waals surface area contributed by atoms with Crippen molar-refractivity contribution >= 4 is 126 Å². The third-order valence-corrected chi connectivity index (χ3v) is 29.7. The molecule has 13 aromatic carbocycles. The van der Waals surface area contributed by atoms with Gasteiger partial charge in [-0.1, -0.05) is 302 Å². The third kappa shape index (κ3) is 10.4. The maximum Gasteiger partial charge on any atom is 0.143 e. The molecule has 0 atom stereocenters. The number of hydrogen-bond donors (Lipinski definition) is 0. The molecule has 1 saturated carbocycles. The normalized spacial score (nSPS) is 13.9. The molecule has 486 valence electrons. The van der Waals surface area contributed by atoms with E-state index in [9.17, 15) is 0 Å². The van der Waals surface area contributed by atoms with Crippen LogP contribution in [0, 0.1) is 0 Å². The first-order chi connectivity index (χ1) is 47.8. The first-order valence-corrected chi connectivity index (χ1v) is 41.6. The Morgan fingerprint density at radius 2 is 0.727 bits per heavy atom. The van der Waals surface area contributed by atoms with Crippen molar-refractivity contribution in [3.8, 4) is 33.4 Å². The van der Waals surface area contributed by atoms with Crippen LogP contribution in [0.4, 0.5) is 34.1 Å². The minimum absolute atomic E-state index is 0.00196. The average Bonchev–Trinajstić information content (AvgIpc) is 1.54. The average molecular weight is 1320 g/mol. The quantitative estimate of drug-likeness (QED) is 0.114. The van der Waals surface area contributed by atoms with Crippen LogP contribution < -0.4 is 30.5 Å². The Hall–Kier alpha value is -10.2. The maximum atomic E-state index is 6.99. The van der Waals surface area contributed by atoms with Gasteiger partial charge in [0.15, 0.2) is 0 Å². The molecule has 0 aliphatic heterocycles. The molecule has 2 aromatic heterocycles. The highest BCUT2D eigenvalue weighted by Gasteiger charge is 2.47. The van der Waals surface area contributed by atoms with Crippen LogP contribution in [0.2, 0.25) is 26.2 Å². The van der Waals surface area contributed by atoms with Crippen LogP contribution in [-0.2, 0) is 16.2 Å². The Labute approximate surface area is 584 Å². The number of rotatable bonds is 12. The van der Waals surface area contributed by atoms with Gasteiger partial charge in [-0.25, -0.2) is 0 Å². The predicted molar refractivity (Wildman–Crippen MR) is 427 cm³/mol. The predicted octanol–water partition coefficient (Wildman–Crippen LogP) is 24.0. The van der Waals surface area contributed by atoms with Gasteiger partial charge in [-0.15, -0.1) is 0 Å². The lowest BCUT2D eigenvalue weighted by atomic mass is 9.76. The van der Waals surface area contributed by atoms with Gasteiger partial charge in [0.05, 0.1) is 5.69 Å². The molecule has 0 saturated heterocycles. The number of hydrogen-bond acceptors (Lipinski definition) is 4. The molecule has 1 spiro atoms. The molecule has 2 aliphatic rings. The van der Waals surface area contributed by atoms with E-state index in [4.69, 9.17) is 8.83 Å². The molecule has 6 heteroatoms. The molecule has 4 nitrogen and oxygen atoms in total. The van der Waals surface area contributed by atoms with Crippen molar-refractivity contribution in [2.24, 2.45) is 0 Å². The zero-order valence-corrected chi connectivity index (χ0v) is 60.6. The highest BCUT2D eigenvalue weighted by Crippen LogP contribution is 2.61. The summed E-state index contributed by atoms with van der Waals surface area (Å²) in [7, 11) is -3.78. The fourth-order valence-corrected chi connectivity index (χ4v) is 21.5. The number of anilines is 6. The summed E-state index contributed by atoms with van der Waals surface area (Å²) in [6.07, 6.45) is 4.47. The summed E-state index contributed by atoms with van der Waals surface area (Å²) in [6.45, 7) is 23.6. The van der Waals surface area contributed by atoms with E-state index < -0.39 is 16.1 Å². The van der Waals surface area contributed by atoms with Crippen LogP contribution in [0.25, 0.3) is 88.0 Å². The zero-order chi connectivity index (χ0) is 67.7. The van der Waals surface area contributed by atoms with Gasteiger partial charge in [-0.3, -0.25) is 0 Å². The summed E-state index contributed by atoms with van der Waals surface area (Å²) in [5.41, 5.74) is 22.8. The number of nitrogens with zero attached hydrogens (tertiary/aromatic N) is 2. The van der Waals surface area contributed by atoms with Crippen LogP contribution >= 0.6 is 0 Å². The van der Waals surface area contributed by atoms with E-state index in [0.29, 0.717) is 0 Å². The van der Waals surface area contributed by atoms with Gasteiger partial charge in [-0.2, -0.15) is 0 Å². The summed E-state index contributed by atoms with van der Waals surface area (Å²) in [6, 6.07) is 105. The van der Waals surface area contributed by atoms with E-state index >= 15 is 0 Å². The van der Waals surface area contributed by atoms with Gasteiger partial charge in [-0.05, 0) is 152 Å². The van der Waals surface area contributed by atoms with Crippen LogP contribution in [0.15, 0.2) is 288 Å². The molecule has 0 radical (unpaired) electrons. The lowest BCUT2D eigenvalue weighted by molar-refractivity contribution is 0.550. The number of para-hydroxylation sites is 2. The smallest absolute Gasteiger partial charge is 0.143 e. The minimum atomic E-state index is -1.89. The molecule has 2 heterocycles. The van der Waals surface area contributed by atoms with E-state index in [1.54, 1.807) is 0 Å². The molecule has 1 fully saturated rings. The molecule has 2 aliphatic carbocycles. The van der Waals surface area contributed by atoms with Crippen molar-refractivity contribution in [3.05, 3.63) is 301 Å². The molecular weight excluding hydrogens is 1230 g/mol. The SMILES string of the molecule is CC(C)(C)c1ccc(N(c2ccc3c(c2)C2(CCCC2)c2cc(N(c4ccc(C(C)(C)C)cc4)c4ccc5oc6c(-c7ccc([Si](C)(C)c8ccccc8)cc7)cccc6c5c4)c4ccccc4c2-3)c2ccc3oc4c(-c5ccc([Si](C)(C)c6ccccc6)cc5)cccc4c3c2)cc1. The number of benzene rings is 13. The fourth-order valence-electron chi connectivity index (χ4n) is 16.7. The number of furan rings is 2. The molecule has 15 aromatic rings. The summed E-state index contributed by atoms with van der Waals surface area (Å²) < 4.78 is 13.9. The first-order valence-electron chi connectivity index (χ1n) is 35.6. The Morgan fingerprint density at radius 3 is 1.21 bits per heavy atom. The molecule has 0 amide bonds. The van der Waals surface area contributed by atoms with Gasteiger partial charge in [0.1, 0.15) is 38.5 Å². The lowest BCUT2D eigenvalue weighted by Gasteiger charge is -2.32. The highest BCUT2D eigenvalue weighted by atomic mass is 28.3. The summed E-state index contributed by atoms with van der Waals surface area (Å²) >= 11 is 0. The van der Waals surface area contributed by atoms with Crippen molar-refractivity contribution in [3.63, 3.8) is 0 Å². The van der Waals surface area contributed by atoms with Crippen LogP contribution in [-0.4, -0.2) is 16.1 Å². The summed E-state index contributed by atoms with van der Waals surface area (Å²) in [5, 5.41) is 12.6. The van der Waals surface area contributed by atoms with Gasteiger partial charge in [0.2, 0.25) is 0 Å².